The summed E-state index contributed by atoms with van der Waals surface area (Å²) in [7, 11) is -5.84. The first-order chi connectivity index (χ1) is 12.8. The van der Waals surface area contributed by atoms with E-state index in [2.05, 4.69) is 19.9 Å². The number of allylic oxidation sites excluding steroid dienone is 4. The standard InChI is InChI=1S/C19H27F.CHF3O3S/c1-18-10-3-5-14(18)13-7-8-16-17(20)6-4-11-19(16,2)15(13)9-12-18;2-1(3,4)8(5,6)7/h4,6,11,13-16H,3,5,7-10,12H2,1-2H3;(H,5,6,7)/t13-,14-,15-,16-,18-,19+;/m0./s1. The van der Waals surface area contributed by atoms with E-state index < -0.39 is 15.6 Å². The molecular weight excluding hydrogens is 396 g/mol. The quantitative estimate of drug-likeness (QED) is 0.292. The van der Waals surface area contributed by atoms with Gasteiger partial charge in [0.1, 0.15) is 5.83 Å². The molecular formula is C20H28F4O3S. The molecule has 4 aliphatic rings. The first-order valence-electron chi connectivity index (χ1n) is 9.88. The van der Waals surface area contributed by atoms with Crippen LogP contribution >= 0.6 is 0 Å². The minimum Gasteiger partial charge on any atom is -0.279 e. The van der Waals surface area contributed by atoms with E-state index in [1.807, 2.05) is 6.08 Å². The van der Waals surface area contributed by atoms with Crippen molar-refractivity contribution < 1.29 is 30.5 Å². The highest BCUT2D eigenvalue weighted by molar-refractivity contribution is 7.86. The zero-order valence-corrected chi connectivity index (χ0v) is 17.0. The van der Waals surface area contributed by atoms with Gasteiger partial charge in [-0.05, 0) is 73.2 Å². The highest BCUT2D eigenvalue weighted by atomic mass is 32.2. The predicted octanol–water partition coefficient (Wildman–Crippen LogP) is 6.05. The van der Waals surface area contributed by atoms with E-state index in [4.69, 9.17) is 13.0 Å². The molecule has 6 atom stereocenters. The van der Waals surface area contributed by atoms with Crippen LogP contribution in [0.15, 0.2) is 24.1 Å². The summed E-state index contributed by atoms with van der Waals surface area (Å²) in [4.78, 5) is 0. The van der Waals surface area contributed by atoms with Gasteiger partial charge in [-0.25, -0.2) is 4.39 Å². The second kappa shape index (κ2) is 7.11. The Kier molecular flexibility index (Phi) is 5.54. The van der Waals surface area contributed by atoms with Gasteiger partial charge in [-0.15, -0.1) is 0 Å². The smallest absolute Gasteiger partial charge is 0.279 e. The third-order valence-electron chi connectivity index (χ3n) is 7.89. The van der Waals surface area contributed by atoms with E-state index in [1.54, 1.807) is 6.08 Å². The third-order valence-corrected chi connectivity index (χ3v) is 8.48. The molecule has 1 N–H and O–H groups in total. The zero-order valence-electron chi connectivity index (χ0n) is 16.2. The van der Waals surface area contributed by atoms with Gasteiger partial charge in [-0.3, -0.25) is 4.55 Å². The minimum atomic E-state index is -5.84. The highest BCUT2D eigenvalue weighted by Gasteiger charge is 2.57. The summed E-state index contributed by atoms with van der Waals surface area (Å²) in [5.74, 6) is 2.80. The number of fused-ring (bicyclic) bond motifs is 5. The largest absolute Gasteiger partial charge is 0.522 e. The molecule has 0 aromatic carbocycles. The Labute approximate surface area is 164 Å². The van der Waals surface area contributed by atoms with Crippen LogP contribution in [0.1, 0.15) is 58.8 Å². The average Bonchev–Trinajstić information content (AvgIpc) is 2.95. The first kappa shape index (κ1) is 21.8. The van der Waals surface area contributed by atoms with Gasteiger partial charge in [0, 0.05) is 5.92 Å². The summed E-state index contributed by atoms with van der Waals surface area (Å²) in [6.07, 6.45) is 15.3. The van der Waals surface area contributed by atoms with Crippen molar-refractivity contribution >= 4 is 10.1 Å². The lowest BCUT2D eigenvalue weighted by Gasteiger charge is -2.57. The maximum Gasteiger partial charge on any atom is 0.522 e. The van der Waals surface area contributed by atoms with Crippen molar-refractivity contribution in [3.05, 3.63) is 24.1 Å². The van der Waals surface area contributed by atoms with E-state index in [1.165, 1.54) is 38.5 Å². The van der Waals surface area contributed by atoms with E-state index in [0.29, 0.717) is 11.3 Å². The van der Waals surface area contributed by atoms with Crippen molar-refractivity contribution in [1.29, 1.82) is 0 Å². The fourth-order valence-corrected chi connectivity index (χ4v) is 6.52. The molecule has 0 aliphatic heterocycles. The Morgan fingerprint density at radius 1 is 1.07 bits per heavy atom. The van der Waals surface area contributed by atoms with Crippen molar-refractivity contribution in [3.63, 3.8) is 0 Å². The van der Waals surface area contributed by atoms with Crippen molar-refractivity contribution in [3.8, 4) is 0 Å². The maximum absolute atomic E-state index is 14.3. The molecule has 3 saturated carbocycles. The fourth-order valence-electron chi connectivity index (χ4n) is 6.52. The van der Waals surface area contributed by atoms with Gasteiger partial charge in [0.25, 0.3) is 0 Å². The van der Waals surface area contributed by atoms with Gasteiger partial charge in [-0.2, -0.15) is 21.6 Å². The molecule has 4 rings (SSSR count). The molecule has 0 aromatic rings. The number of hydrogen-bond acceptors (Lipinski definition) is 2. The second-order valence-electron chi connectivity index (χ2n) is 9.29. The predicted molar refractivity (Wildman–Crippen MR) is 98.4 cm³/mol. The fraction of sp³-hybridized carbons (Fsp3) is 0.800. The van der Waals surface area contributed by atoms with Gasteiger partial charge in [0.2, 0.25) is 0 Å². The second-order valence-corrected chi connectivity index (χ2v) is 10.7. The van der Waals surface area contributed by atoms with Gasteiger partial charge >= 0.3 is 15.6 Å². The van der Waals surface area contributed by atoms with Crippen LogP contribution in [-0.2, 0) is 10.1 Å². The summed E-state index contributed by atoms with van der Waals surface area (Å²) in [6, 6.07) is 0. The SMILES string of the molecule is C[C@@]12CCC[C@H]1[C@@H]1CC[C@H]3C(F)=CC=C[C@]3(C)[C@H]1CC2.O=S(=O)(O)C(F)(F)F. The van der Waals surface area contributed by atoms with Gasteiger partial charge in [0.15, 0.2) is 0 Å². The molecule has 4 aliphatic carbocycles. The van der Waals surface area contributed by atoms with Gasteiger partial charge < -0.3 is 0 Å². The highest BCUT2D eigenvalue weighted by Crippen LogP contribution is 2.65. The summed E-state index contributed by atoms with van der Waals surface area (Å²) in [5.41, 5.74) is -4.84. The summed E-state index contributed by atoms with van der Waals surface area (Å²) in [5, 5.41) is 0. The molecule has 0 aromatic heterocycles. The minimum absolute atomic E-state index is 0.0890. The Bertz CT molecular complexity index is 773. The Morgan fingerprint density at radius 2 is 1.71 bits per heavy atom. The van der Waals surface area contributed by atoms with Crippen molar-refractivity contribution in [2.75, 3.05) is 0 Å². The molecule has 0 spiro atoms. The molecule has 8 heteroatoms. The van der Waals surface area contributed by atoms with E-state index in [9.17, 15) is 17.6 Å². The molecule has 0 bridgehead atoms. The van der Waals surface area contributed by atoms with Crippen LogP contribution in [0.25, 0.3) is 0 Å². The average molecular weight is 425 g/mol. The topological polar surface area (TPSA) is 54.4 Å². The maximum atomic E-state index is 14.3. The molecule has 0 radical (unpaired) electrons. The molecule has 0 amide bonds. The number of halogens is 4. The van der Waals surface area contributed by atoms with Crippen LogP contribution in [0.2, 0.25) is 0 Å². The van der Waals surface area contributed by atoms with E-state index in [0.717, 1.165) is 18.3 Å². The molecule has 0 saturated heterocycles. The Hall–Kier alpha value is -0.890. The lowest BCUT2D eigenvalue weighted by molar-refractivity contribution is -0.0604. The lowest BCUT2D eigenvalue weighted by Crippen LogP contribution is -2.50. The van der Waals surface area contributed by atoms with Crippen LogP contribution in [-0.4, -0.2) is 18.5 Å². The van der Waals surface area contributed by atoms with Gasteiger partial charge in [-0.1, -0.05) is 32.4 Å². The molecule has 160 valence electrons. The summed E-state index contributed by atoms with van der Waals surface area (Å²) in [6.45, 7) is 4.88. The number of rotatable bonds is 0. The summed E-state index contributed by atoms with van der Waals surface area (Å²) >= 11 is 0. The normalized spacial score (nSPS) is 42.5. The molecule has 3 nitrogen and oxygen atoms in total. The first-order valence-corrected chi connectivity index (χ1v) is 11.3. The van der Waals surface area contributed by atoms with Crippen LogP contribution in [0.3, 0.4) is 0 Å². The lowest BCUT2D eigenvalue weighted by atomic mass is 9.47. The van der Waals surface area contributed by atoms with Crippen molar-refractivity contribution in [2.24, 2.45) is 34.5 Å². The molecule has 0 unspecified atom stereocenters. The van der Waals surface area contributed by atoms with E-state index in [-0.39, 0.29) is 17.2 Å². The Balaban J connectivity index is 0.000000242. The van der Waals surface area contributed by atoms with E-state index >= 15 is 0 Å². The number of alkyl halides is 3. The van der Waals surface area contributed by atoms with Crippen LogP contribution in [0.4, 0.5) is 17.6 Å². The Morgan fingerprint density at radius 3 is 2.32 bits per heavy atom. The number of hydrogen-bond donors (Lipinski definition) is 1. The van der Waals surface area contributed by atoms with Gasteiger partial charge in [0.05, 0.1) is 0 Å². The van der Waals surface area contributed by atoms with Crippen LogP contribution in [0, 0.1) is 34.5 Å². The zero-order chi connectivity index (χ0) is 21.0. The third kappa shape index (κ3) is 3.66. The van der Waals surface area contributed by atoms with Crippen molar-refractivity contribution in [2.45, 2.75) is 64.3 Å². The van der Waals surface area contributed by atoms with Crippen molar-refractivity contribution in [1.82, 2.24) is 0 Å². The van der Waals surface area contributed by atoms with Crippen LogP contribution < -0.4 is 0 Å². The molecule has 3 fully saturated rings. The summed E-state index contributed by atoms with van der Waals surface area (Å²) < 4.78 is 71.8. The molecule has 0 heterocycles. The van der Waals surface area contributed by atoms with Crippen LogP contribution in [0.5, 0.6) is 0 Å². The molecule has 28 heavy (non-hydrogen) atoms. The monoisotopic (exact) mass is 424 g/mol.